The maximum absolute atomic E-state index is 12.5. The first-order chi connectivity index (χ1) is 14.1. The lowest BCUT2D eigenvalue weighted by atomic mass is 9.96. The number of ether oxygens (including phenoxy) is 1. The highest BCUT2D eigenvalue weighted by Crippen LogP contribution is 2.29. The summed E-state index contributed by atoms with van der Waals surface area (Å²) >= 11 is 1.39. The first kappa shape index (κ1) is 19.3. The first-order valence-corrected chi connectivity index (χ1v) is 10.3. The Bertz CT molecular complexity index is 983. The minimum atomic E-state index is -0.0312. The number of piperidine rings is 1. The van der Waals surface area contributed by atoms with Gasteiger partial charge in [0.05, 0.1) is 12.8 Å². The molecule has 1 saturated heterocycles. The average molecular weight is 411 g/mol. The van der Waals surface area contributed by atoms with Gasteiger partial charge in [-0.15, -0.1) is 20.4 Å². The summed E-state index contributed by atoms with van der Waals surface area (Å²) in [4.78, 5) is 14.6. The Hall–Kier alpha value is -3.07. The summed E-state index contributed by atoms with van der Waals surface area (Å²) in [5.74, 6) is 1.57. The maximum Gasteiger partial charge on any atom is 0.229 e. The zero-order chi connectivity index (χ0) is 20.2. The van der Waals surface area contributed by atoms with E-state index in [1.165, 1.54) is 11.3 Å². The lowest BCUT2D eigenvalue weighted by molar-refractivity contribution is -0.120. The number of aryl methyl sites for hydroxylation is 1. The van der Waals surface area contributed by atoms with E-state index < -0.39 is 0 Å². The number of nitrogens with zero attached hydrogens (tertiary/aromatic N) is 5. The summed E-state index contributed by atoms with van der Waals surface area (Å²) in [6.45, 7) is 3.39. The molecule has 0 unspecified atom stereocenters. The van der Waals surface area contributed by atoms with Crippen molar-refractivity contribution in [3.8, 4) is 17.0 Å². The fourth-order valence-corrected chi connectivity index (χ4v) is 4.01. The van der Waals surface area contributed by atoms with Gasteiger partial charge in [-0.1, -0.05) is 23.5 Å². The predicted octanol–water partition coefficient (Wildman–Crippen LogP) is 3.17. The highest BCUT2D eigenvalue weighted by Gasteiger charge is 2.26. The van der Waals surface area contributed by atoms with Crippen LogP contribution in [0, 0.1) is 12.8 Å². The van der Waals surface area contributed by atoms with Gasteiger partial charge >= 0.3 is 0 Å². The smallest absolute Gasteiger partial charge is 0.229 e. The molecular formula is C20H22N6O2S. The molecule has 0 radical (unpaired) electrons. The van der Waals surface area contributed by atoms with Crippen molar-refractivity contribution in [2.75, 3.05) is 30.4 Å². The van der Waals surface area contributed by atoms with Crippen LogP contribution in [0.1, 0.15) is 17.8 Å². The Labute approximate surface area is 172 Å². The SMILES string of the molecule is COc1ccccc1-c1ccc(N2CCC(C(=O)Nc3nnc(C)s3)CC2)nn1. The number of carbonyl (C=O) groups excluding carboxylic acids is 1. The third kappa shape index (κ3) is 4.34. The quantitative estimate of drug-likeness (QED) is 0.690. The van der Waals surface area contributed by atoms with Crippen molar-refractivity contribution in [3.05, 3.63) is 41.4 Å². The molecule has 0 aliphatic carbocycles. The third-order valence-electron chi connectivity index (χ3n) is 4.98. The minimum Gasteiger partial charge on any atom is -0.496 e. The molecule has 1 N–H and O–H groups in total. The molecule has 9 heteroatoms. The molecule has 1 aliphatic heterocycles. The topological polar surface area (TPSA) is 93.1 Å². The third-order valence-corrected chi connectivity index (χ3v) is 5.73. The number of aromatic nitrogens is 4. The summed E-state index contributed by atoms with van der Waals surface area (Å²) in [5, 5.41) is 20.9. The lowest BCUT2D eigenvalue weighted by Crippen LogP contribution is -2.38. The molecule has 1 amide bonds. The monoisotopic (exact) mass is 410 g/mol. The molecule has 0 spiro atoms. The van der Waals surface area contributed by atoms with Gasteiger partial charge in [-0.05, 0) is 44.0 Å². The van der Waals surface area contributed by atoms with E-state index in [1.807, 2.05) is 43.3 Å². The van der Waals surface area contributed by atoms with Crippen molar-refractivity contribution in [1.82, 2.24) is 20.4 Å². The normalized spacial score (nSPS) is 14.6. The molecule has 4 rings (SSSR count). The molecule has 1 aromatic carbocycles. The molecule has 29 heavy (non-hydrogen) atoms. The Morgan fingerprint density at radius 3 is 2.55 bits per heavy atom. The van der Waals surface area contributed by atoms with Crippen LogP contribution in [0.2, 0.25) is 0 Å². The minimum absolute atomic E-state index is 0.0124. The summed E-state index contributed by atoms with van der Waals surface area (Å²) in [6, 6.07) is 11.7. The molecule has 3 aromatic rings. The van der Waals surface area contributed by atoms with Crippen LogP contribution >= 0.6 is 11.3 Å². The molecule has 8 nitrogen and oxygen atoms in total. The van der Waals surface area contributed by atoms with Gasteiger partial charge in [0.2, 0.25) is 11.0 Å². The number of para-hydroxylation sites is 1. The largest absolute Gasteiger partial charge is 0.496 e. The zero-order valence-corrected chi connectivity index (χ0v) is 17.1. The van der Waals surface area contributed by atoms with E-state index >= 15 is 0 Å². The van der Waals surface area contributed by atoms with Crippen LogP contribution in [0.25, 0.3) is 11.3 Å². The van der Waals surface area contributed by atoms with Crippen molar-refractivity contribution in [1.29, 1.82) is 0 Å². The average Bonchev–Trinajstić information content (AvgIpc) is 3.18. The van der Waals surface area contributed by atoms with Crippen LogP contribution in [0.15, 0.2) is 36.4 Å². The zero-order valence-electron chi connectivity index (χ0n) is 16.3. The van der Waals surface area contributed by atoms with Crippen LogP contribution in [0.3, 0.4) is 0 Å². The van der Waals surface area contributed by atoms with E-state index in [2.05, 4.69) is 30.6 Å². The van der Waals surface area contributed by atoms with E-state index in [0.717, 1.165) is 53.8 Å². The Balaban J connectivity index is 1.36. The van der Waals surface area contributed by atoms with Crippen LogP contribution < -0.4 is 15.0 Å². The van der Waals surface area contributed by atoms with E-state index in [1.54, 1.807) is 7.11 Å². The predicted molar refractivity (Wildman–Crippen MR) is 112 cm³/mol. The summed E-state index contributed by atoms with van der Waals surface area (Å²) in [5.41, 5.74) is 1.68. The molecule has 0 bridgehead atoms. The molecule has 150 valence electrons. The second kappa shape index (κ2) is 8.52. The Morgan fingerprint density at radius 1 is 1.10 bits per heavy atom. The van der Waals surface area contributed by atoms with E-state index in [9.17, 15) is 4.79 Å². The van der Waals surface area contributed by atoms with Crippen LogP contribution in [0.4, 0.5) is 10.9 Å². The standard InChI is InChI=1S/C20H22N6O2S/c1-13-22-25-20(29-13)21-19(27)14-9-11-26(12-10-14)18-8-7-16(23-24-18)15-5-3-4-6-17(15)28-2/h3-8,14H,9-12H2,1-2H3,(H,21,25,27). The highest BCUT2D eigenvalue weighted by molar-refractivity contribution is 7.15. The number of hydrogen-bond acceptors (Lipinski definition) is 8. The van der Waals surface area contributed by atoms with Crippen molar-refractivity contribution in [2.24, 2.45) is 5.92 Å². The lowest BCUT2D eigenvalue weighted by Gasteiger charge is -2.31. The number of methoxy groups -OCH3 is 1. The van der Waals surface area contributed by atoms with Gasteiger partial charge in [0, 0.05) is 24.6 Å². The molecular weight excluding hydrogens is 388 g/mol. The van der Waals surface area contributed by atoms with Gasteiger partial charge in [-0.2, -0.15) is 0 Å². The second-order valence-electron chi connectivity index (χ2n) is 6.85. The fourth-order valence-electron chi connectivity index (χ4n) is 3.42. The first-order valence-electron chi connectivity index (χ1n) is 9.47. The van der Waals surface area contributed by atoms with E-state index in [4.69, 9.17) is 4.74 Å². The second-order valence-corrected chi connectivity index (χ2v) is 8.04. The Kier molecular flexibility index (Phi) is 5.66. The van der Waals surface area contributed by atoms with Crippen molar-refractivity contribution >= 4 is 28.2 Å². The molecule has 3 heterocycles. The highest BCUT2D eigenvalue weighted by atomic mass is 32.1. The van der Waals surface area contributed by atoms with Gasteiger partial charge in [-0.25, -0.2) is 0 Å². The van der Waals surface area contributed by atoms with Crippen molar-refractivity contribution < 1.29 is 9.53 Å². The number of rotatable bonds is 5. The van der Waals surface area contributed by atoms with Gasteiger partial charge in [-0.3, -0.25) is 4.79 Å². The van der Waals surface area contributed by atoms with Crippen molar-refractivity contribution in [2.45, 2.75) is 19.8 Å². The van der Waals surface area contributed by atoms with Gasteiger partial charge in [0.1, 0.15) is 10.8 Å². The molecule has 0 atom stereocenters. The summed E-state index contributed by atoms with van der Waals surface area (Å²) in [6.07, 6.45) is 1.53. The van der Waals surface area contributed by atoms with E-state index in [0.29, 0.717) is 5.13 Å². The molecule has 1 fully saturated rings. The number of benzene rings is 1. The number of amides is 1. The number of anilines is 2. The van der Waals surface area contributed by atoms with Crippen molar-refractivity contribution in [3.63, 3.8) is 0 Å². The maximum atomic E-state index is 12.5. The van der Waals surface area contributed by atoms with Crippen LogP contribution in [-0.2, 0) is 4.79 Å². The summed E-state index contributed by atoms with van der Waals surface area (Å²) < 4.78 is 5.40. The Morgan fingerprint density at radius 2 is 1.90 bits per heavy atom. The van der Waals surface area contributed by atoms with Gasteiger partial charge in [0.15, 0.2) is 5.82 Å². The van der Waals surface area contributed by atoms with Crippen LogP contribution in [0.5, 0.6) is 5.75 Å². The number of carbonyl (C=O) groups is 1. The number of nitrogens with one attached hydrogen (secondary N) is 1. The molecule has 2 aromatic heterocycles. The van der Waals surface area contributed by atoms with E-state index in [-0.39, 0.29) is 11.8 Å². The van der Waals surface area contributed by atoms with Gasteiger partial charge < -0.3 is 15.0 Å². The fraction of sp³-hybridized carbons (Fsp3) is 0.350. The summed E-state index contributed by atoms with van der Waals surface area (Å²) in [7, 11) is 1.65. The van der Waals surface area contributed by atoms with Gasteiger partial charge in [0.25, 0.3) is 0 Å². The molecule has 0 saturated carbocycles. The number of hydrogen-bond donors (Lipinski definition) is 1. The van der Waals surface area contributed by atoms with Crippen LogP contribution in [-0.4, -0.2) is 46.5 Å². The molecule has 1 aliphatic rings.